The Bertz CT molecular complexity index is 1060. The number of allylic oxidation sites excluding steroid dienone is 1. The van der Waals surface area contributed by atoms with E-state index in [2.05, 4.69) is 43.1 Å². The van der Waals surface area contributed by atoms with E-state index in [4.69, 9.17) is 17.0 Å². The van der Waals surface area contributed by atoms with Gasteiger partial charge in [0, 0.05) is 42.8 Å². The first-order chi connectivity index (χ1) is 15.5. The Morgan fingerprint density at radius 1 is 1.31 bits per heavy atom. The van der Waals surface area contributed by atoms with E-state index in [9.17, 15) is 9.59 Å². The SMILES string of the molecule is C=CC(=O)Nc1cccc(Nc2nc(N/C(C=N)=C/NC3CCNC(=O)C3)ncc2Cl)c1. The highest BCUT2D eigenvalue weighted by molar-refractivity contribution is 6.32. The molecule has 1 aromatic carbocycles. The Hall–Kier alpha value is -3.92. The molecule has 0 radical (unpaired) electrons. The van der Waals surface area contributed by atoms with Crippen molar-refractivity contribution in [2.24, 2.45) is 0 Å². The molecular formula is C21H23ClN8O2. The zero-order valence-corrected chi connectivity index (χ0v) is 17.9. The van der Waals surface area contributed by atoms with Crippen molar-refractivity contribution in [1.82, 2.24) is 20.6 Å². The Labute approximate surface area is 190 Å². The fraction of sp³-hybridized carbons (Fsp3) is 0.190. The minimum absolute atomic E-state index is 0.00211. The molecular weight excluding hydrogens is 432 g/mol. The van der Waals surface area contributed by atoms with Gasteiger partial charge in [0.15, 0.2) is 5.82 Å². The number of nitrogens with one attached hydrogen (secondary N) is 6. The molecule has 2 amide bonds. The van der Waals surface area contributed by atoms with Crippen LogP contribution in [0.4, 0.5) is 23.1 Å². The van der Waals surface area contributed by atoms with Crippen LogP contribution in [0.2, 0.25) is 5.02 Å². The fourth-order valence-corrected chi connectivity index (χ4v) is 3.03. The first kappa shape index (κ1) is 22.8. The van der Waals surface area contributed by atoms with Crippen molar-refractivity contribution in [2.45, 2.75) is 18.9 Å². The molecule has 1 aliphatic heterocycles. The van der Waals surface area contributed by atoms with E-state index in [1.807, 2.05) is 0 Å². The van der Waals surface area contributed by atoms with E-state index in [1.165, 1.54) is 12.3 Å². The number of nitrogens with zero attached hydrogens (tertiary/aromatic N) is 2. The van der Waals surface area contributed by atoms with E-state index >= 15 is 0 Å². The summed E-state index contributed by atoms with van der Waals surface area (Å²) in [5.41, 5.74) is 1.65. The molecule has 1 fully saturated rings. The average molecular weight is 455 g/mol. The van der Waals surface area contributed by atoms with Crippen molar-refractivity contribution in [1.29, 1.82) is 5.41 Å². The van der Waals surface area contributed by atoms with Gasteiger partial charge >= 0.3 is 0 Å². The Morgan fingerprint density at radius 3 is 2.88 bits per heavy atom. The maximum absolute atomic E-state index is 11.5. The third kappa shape index (κ3) is 6.54. The van der Waals surface area contributed by atoms with Crippen LogP contribution in [0.3, 0.4) is 0 Å². The first-order valence-corrected chi connectivity index (χ1v) is 10.2. The van der Waals surface area contributed by atoms with Gasteiger partial charge in [-0.05, 0) is 30.7 Å². The summed E-state index contributed by atoms with van der Waals surface area (Å²) in [7, 11) is 0. The van der Waals surface area contributed by atoms with Crippen LogP contribution in [0.5, 0.6) is 0 Å². The normalized spacial score (nSPS) is 15.8. The summed E-state index contributed by atoms with van der Waals surface area (Å²) in [5.74, 6) is 0.252. The van der Waals surface area contributed by atoms with Crippen molar-refractivity contribution in [2.75, 3.05) is 22.5 Å². The fourth-order valence-electron chi connectivity index (χ4n) is 2.90. The third-order valence-corrected chi connectivity index (χ3v) is 4.73. The van der Waals surface area contributed by atoms with Crippen molar-refractivity contribution >= 4 is 52.8 Å². The minimum atomic E-state index is -0.317. The van der Waals surface area contributed by atoms with Gasteiger partial charge < -0.3 is 32.0 Å². The lowest BCUT2D eigenvalue weighted by Crippen LogP contribution is -2.41. The summed E-state index contributed by atoms with van der Waals surface area (Å²) in [6, 6.07) is 7.02. The molecule has 166 valence electrons. The number of amides is 2. The van der Waals surface area contributed by atoms with Gasteiger partial charge in [0.05, 0.1) is 11.9 Å². The Kier molecular flexibility index (Phi) is 7.76. The van der Waals surface area contributed by atoms with Gasteiger partial charge in [0.1, 0.15) is 5.02 Å². The lowest BCUT2D eigenvalue weighted by molar-refractivity contribution is -0.122. The summed E-state index contributed by atoms with van der Waals surface area (Å²) >= 11 is 6.23. The van der Waals surface area contributed by atoms with Gasteiger partial charge in [0.25, 0.3) is 0 Å². The number of carbonyl (C=O) groups is 2. The summed E-state index contributed by atoms with van der Waals surface area (Å²) in [6.45, 7) is 4.05. The van der Waals surface area contributed by atoms with Crippen LogP contribution >= 0.6 is 11.6 Å². The monoisotopic (exact) mass is 454 g/mol. The molecule has 0 bridgehead atoms. The third-order valence-electron chi connectivity index (χ3n) is 4.46. The van der Waals surface area contributed by atoms with Crippen molar-refractivity contribution in [3.8, 4) is 0 Å². The molecule has 2 aromatic rings. The van der Waals surface area contributed by atoms with Crippen LogP contribution in [0.25, 0.3) is 0 Å². The van der Waals surface area contributed by atoms with Crippen LogP contribution in [0.1, 0.15) is 12.8 Å². The smallest absolute Gasteiger partial charge is 0.247 e. The largest absolute Gasteiger partial charge is 0.386 e. The molecule has 1 saturated heterocycles. The number of hydrogen-bond acceptors (Lipinski definition) is 8. The highest BCUT2D eigenvalue weighted by atomic mass is 35.5. The quantitative estimate of drug-likeness (QED) is 0.252. The average Bonchev–Trinajstić information content (AvgIpc) is 2.79. The van der Waals surface area contributed by atoms with E-state index < -0.39 is 0 Å². The van der Waals surface area contributed by atoms with Crippen molar-refractivity contribution in [3.63, 3.8) is 0 Å². The molecule has 1 aromatic heterocycles. The zero-order valence-electron chi connectivity index (χ0n) is 17.1. The molecule has 6 N–H and O–H groups in total. The second-order valence-electron chi connectivity index (χ2n) is 6.86. The highest BCUT2D eigenvalue weighted by Crippen LogP contribution is 2.25. The standard InChI is InChI=1S/C21H23ClN8O2/c1-2-18(31)27-14-4-3-5-15(8-14)28-20-17(22)12-26-21(30-20)29-16(10-23)11-25-13-6-7-24-19(32)9-13/h2-5,8,10-13,23,25H,1,6-7,9H2,(H,24,32)(H,27,31)(H2,26,28,29,30)/b16-11+,23-10?. The number of halogens is 1. The van der Waals surface area contributed by atoms with E-state index in [-0.39, 0.29) is 23.8 Å². The first-order valence-electron chi connectivity index (χ1n) is 9.80. The van der Waals surface area contributed by atoms with Gasteiger partial charge in [-0.25, -0.2) is 4.98 Å². The predicted molar refractivity (Wildman–Crippen MR) is 125 cm³/mol. The Balaban J connectivity index is 1.69. The Morgan fingerprint density at radius 2 is 2.12 bits per heavy atom. The zero-order chi connectivity index (χ0) is 22.9. The van der Waals surface area contributed by atoms with Crippen LogP contribution < -0.4 is 26.6 Å². The van der Waals surface area contributed by atoms with Crippen LogP contribution in [0, 0.1) is 5.41 Å². The van der Waals surface area contributed by atoms with E-state index in [0.717, 1.165) is 12.6 Å². The molecule has 0 spiro atoms. The number of anilines is 4. The molecule has 10 nitrogen and oxygen atoms in total. The van der Waals surface area contributed by atoms with Crippen molar-refractivity contribution < 1.29 is 9.59 Å². The number of carbonyl (C=O) groups excluding carboxylic acids is 2. The number of hydrogen-bond donors (Lipinski definition) is 6. The number of piperidine rings is 1. The molecule has 0 saturated carbocycles. The molecule has 11 heteroatoms. The summed E-state index contributed by atoms with van der Waals surface area (Å²) in [6.07, 6.45) is 6.53. The molecule has 1 unspecified atom stereocenters. The second kappa shape index (κ2) is 10.9. The lowest BCUT2D eigenvalue weighted by Gasteiger charge is -2.22. The van der Waals surface area contributed by atoms with Crippen molar-refractivity contribution in [3.05, 3.63) is 60.0 Å². The second-order valence-corrected chi connectivity index (χ2v) is 7.27. The highest BCUT2D eigenvalue weighted by Gasteiger charge is 2.17. The predicted octanol–water partition coefficient (Wildman–Crippen LogP) is 2.77. The minimum Gasteiger partial charge on any atom is -0.386 e. The van der Waals surface area contributed by atoms with Crippen LogP contribution in [-0.4, -0.2) is 40.6 Å². The number of aromatic nitrogens is 2. The van der Waals surface area contributed by atoms with Gasteiger partial charge in [-0.2, -0.15) is 4.98 Å². The van der Waals surface area contributed by atoms with Gasteiger partial charge in [-0.15, -0.1) is 0 Å². The summed E-state index contributed by atoms with van der Waals surface area (Å²) in [4.78, 5) is 31.5. The maximum Gasteiger partial charge on any atom is 0.247 e. The molecule has 2 heterocycles. The molecule has 1 atom stereocenters. The number of benzene rings is 1. The maximum atomic E-state index is 11.5. The topological polar surface area (TPSA) is 144 Å². The molecule has 1 aliphatic rings. The van der Waals surface area contributed by atoms with Crippen LogP contribution in [-0.2, 0) is 9.59 Å². The molecule has 0 aliphatic carbocycles. The van der Waals surface area contributed by atoms with Gasteiger partial charge in [-0.1, -0.05) is 24.2 Å². The van der Waals surface area contributed by atoms with Crippen LogP contribution in [0.15, 0.2) is 55.0 Å². The van der Waals surface area contributed by atoms with E-state index in [0.29, 0.717) is 40.9 Å². The number of rotatable bonds is 9. The van der Waals surface area contributed by atoms with Gasteiger partial charge in [-0.3, -0.25) is 9.59 Å². The molecule has 32 heavy (non-hydrogen) atoms. The molecule has 3 rings (SSSR count). The van der Waals surface area contributed by atoms with Gasteiger partial charge in [0.2, 0.25) is 17.8 Å². The lowest BCUT2D eigenvalue weighted by atomic mass is 10.1. The van der Waals surface area contributed by atoms with E-state index in [1.54, 1.807) is 30.5 Å². The summed E-state index contributed by atoms with van der Waals surface area (Å²) < 4.78 is 0. The summed E-state index contributed by atoms with van der Waals surface area (Å²) in [5, 5.41) is 22.5.